The van der Waals surface area contributed by atoms with Gasteiger partial charge in [-0.3, -0.25) is 0 Å². The zero-order valence-corrected chi connectivity index (χ0v) is 5.09. The number of hydrogen-bond acceptors (Lipinski definition) is 1. The quantitative estimate of drug-likeness (QED) is 0.457. The van der Waals surface area contributed by atoms with Crippen LogP contribution in [0.2, 0.25) is 0 Å². The van der Waals surface area contributed by atoms with Crippen LogP contribution in [0.15, 0.2) is 0 Å². The van der Waals surface area contributed by atoms with E-state index >= 15 is 0 Å². The first kappa shape index (κ1) is 4.77. The second-order valence-corrected chi connectivity index (χ2v) is 2.82. The highest BCUT2D eigenvalue weighted by Crippen LogP contribution is 2.19. The standard InChI is InChI=1S/C6H11N2/c1-4-6-2-5(8-4)3-7-6/h4-6,8H,2-3H2,1H3. The second-order valence-electron chi connectivity index (χ2n) is 2.82. The molecule has 1 radical (unpaired) electrons. The first-order valence-electron chi connectivity index (χ1n) is 3.29. The largest absolute Gasteiger partial charge is 0.308 e. The summed E-state index contributed by atoms with van der Waals surface area (Å²) in [5.41, 5.74) is 0. The summed E-state index contributed by atoms with van der Waals surface area (Å²) in [5, 5.41) is 7.88. The van der Waals surface area contributed by atoms with Crippen LogP contribution in [-0.4, -0.2) is 24.7 Å². The lowest BCUT2D eigenvalue weighted by molar-refractivity contribution is 0.428. The number of fused-ring (bicyclic) bond motifs is 2. The van der Waals surface area contributed by atoms with E-state index in [-0.39, 0.29) is 0 Å². The molecule has 2 fully saturated rings. The third-order valence-electron chi connectivity index (χ3n) is 2.16. The highest BCUT2D eigenvalue weighted by molar-refractivity contribution is 4.99. The third-order valence-corrected chi connectivity index (χ3v) is 2.16. The van der Waals surface area contributed by atoms with E-state index in [0.717, 1.165) is 12.6 Å². The zero-order valence-electron chi connectivity index (χ0n) is 5.09. The average Bonchev–Trinajstić information content (AvgIpc) is 2.23. The predicted octanol–water partition coefficient (Wildman–Crippen LogP) is -0.277. The highest BCUT2D eigenvalue weighted by atomic mass is 15.2. The van der Waals surface area contributed by atoms with Gasteiger partial charge in [0.2, 0.25) is 0 Å². The zero-order chi connectivity index (χ0) is 5.56. The third kappa shape index (κ3) is 0.501. The van der Waals surface area contributed by atoms with E-state index < -0.39 is 0 Å². The van der Waals surface area contributed by atoms with Crippen molar-refractivity contribution in [2.75, 3.05) is 6.54 Å². The molecule has 2 heteroatoms. The van der Waals surface area contributed by atoms with Crippen molar-refractivity contribution >= 4 is 0 Å². The molecule has 0 aromatic heterocycles. The molecule has 3 unspecified atom stereocenters. The van der Waals surface area contributed by atoms with Gasteiger partial charge in [0, 0.05) is 24.7 Å². The molecular weight excluding hydrogens is 100 g/mol. The fourth-order valence-electron chi connectivity index (χ4n) is 1.67. The Labute approximate surface area is 49.7 Å². The molecule has 0 amide bonds. The normalized spacial score (nSPS) is 52.9. The Morgan fingerprint density at radius 2 is 2.50 bits per heavy atom. The van der Waals surface area contributed by atoms with E-state index in [0.29, 0.717) is 12.1 Å². The van der Waals surface area contributed by atoms with Gasteiger partial charge in [-0.25, -0.2) is 5.32 Å². The molecule has 2 bridgehead atoms. The summed E-state index contributed by atoms with van der Waals surface area (Å²) in [6.07, 6.45) is 1.29. The SMILES string of the molecule is CC1NC2C[N]C1C2. The predicted molar refractivity (Wildman–Crippen MR) is 31.8 cm³/mol. The molecule has 2 aliphatic heterocycles. The maximum absolute atomic E-state index is 4.42. The van der Waals surface area contributed by atoms with Gasteiger partial charge in [0.25, 0.3) is 0 Å². The summed E-state index contributed by atoms with van der Waals surface area (Å²) < 4.78 is 0. The van der Waals surface area contributed by atoms with E-state index in [9.17, 15) is 0 Å². The molecule has 2 aliphatic rings. The van der Waals surface area contributed by atoms with Crippen LogP contribution in [-0.2, 0) is 0 Å². The lowest BCUT2D eigenvalue weighted by Crippen LogP contribution is -2.43. The van der Waals surface area contributed by atoms with Crippen LogP contribution in [0.3, 0.4) is 0 Å². The van der Waals surface area contributed by atoms with Crippen LogP contribution in [0.25, 0.3) is 0 Å². The molecule has 1 N–H and O–H groups in total. The number of rotatable bonds is 0. The van der Waals surface area contributed by atoms with Gasteiger partial charge in [-0.2, -0.15) is 0 Å². The molecular formula is C6H11N2. The van der Waals surface area contributed by atoms with Gasteiger partial charge >= 0.3 is 0 Å². The van der Waals surface area contributed by atoms with E-state index in [1.165, 1.54) is 6.42 Å². The maximum Gasteiger partial charge on any atom is 0.0412 e. The minimum atomic E-state index is 0.653. The Balaban J connectivity index is 2.11. The number of nitrogens with zero attached hydrogens (tertiary/aromatic N) is 1. The molecule has 0 aromatic carbocycles. The summed E-state index contributed by atoms with van der Waals surface area (Å²) in [4.78, 5) is 0. The number of hydrogen-bond donors (Lipinski definition) is 1. The minimum Gasteiger partial charge on any atom is -0.308 e. The Hall–Kier alpha value is -0.0800. The molecule has 2 heterocycles. The first-order valence-corrected chi connectivity index (χ1v) is 3.29. The molecule has 0 spiro atoms. The monoisotopic (exact) mass is 111 g/mol. The van der Waals surface area contributed by atoms with E-state index in [1.54, 1.807) is 0 Å². The van der Waals surface area contributed by atoms with Crippen LogP contribution in [0, 0.1) is 0 Å². The second kappa shape index (κ2) is 1.45. The Kier molecular flexibility index (Phi) is 0.866. The summed E-state index contributed by atoms with van der Waals surface area (Å²) in [7, 11) is 0. The summed E-state index contributed by atoms with van der Waals surface area (Å²) in [5.74, 6) is 0. The summed E-state index contributed by atoms with van der Waals surface area (Å²) >= 11 is 0. The van der Waals surface area contributed by atoms with Crippen molar-refractivity contribution < 1.29 is 0 Å². The highest BCUT2D eigenvalue weighted by Gasteiger charge is 2.36. The average molecular weight is 111 g/mol. The topological polar surface area (TPSA) is 26.1 Å². The van der Waals surface area contributed by atoms with Gasteiger partial charge in [-0.15, -0.1) is 0 Å². The number of nitrogens with one attached hydrogen (secondary N) is 1. The Bertz CT molecular complexity index is 101. The Morgan fingerprint density at radius 1 is 1.62 bits per heavy atom. The smallest absolute Gasteiger partial charge is 0.0412 e. The molecule has 0 aliphatic carbocycles. The lowest BCUT2D eigenvalue weighted by Gasteiger charge is -2.17. The maximum atomic E-state index is 4.42. The van der Waals surface area contributed by atoms with E-state index in [2.05, 4.69) is 17.6 Å². The summed E-state index contributed by atoms with van der Waals surface area (Å²) in [6.45, 7) is 3.28. The van der Waals surface area contributed by atoms with Crippen molar-refractivity contribution in [3.63, 3.8) is 0 Å². The van der Waals surface area contributed by atoms with Crippen LogP contribution < -0.4 is 10.6 Å². The fraction of sp³-hybridized carbons (Fsp3) is 1.00. The molecule has 2 saturated heterocycles. The number of piperazine rings is 1. The molecule has 0 aromatic rings. The van der Waals surface area contributed by atoms with Gasteiger partial charge in [-0.05, 0) is 13.3 Å². The van der Waals surface area contributed by atoms with E-state index in [4.69, 9.17) is 0 Å². The van der Waals surface area contributed by atoms with E-state index in [1.807, 2.05) is 0 Å². The van der Waals surface area contributed by atoms with Gasteiger partial charge in [0.1, 0.15) is 0 Å². The van der Waals surface area contributed by atoms with Crippen molar-refractivity contribution in [3.8, 4) is 0 Å². The van der Waals surface area contributed by atoms with Crippen LogP contribution in [0.4, 0.5) is 0 Å². The molecule has 8 heavy (non-hydrogen) atoms. The van der Waals surface area contributed by atoms with Crippen LogP contribution in [0.5, 0.6) is 0 Å². The molecule has 0 saturated carbocycles. The minimum absolute atomic E-state index is 0.653. The molecule has 45 valence electrons. The molecule has 2 nitrogen and oxygen atoms in total. The fourth-order valence-corrected chi connectivity index (χ4v) is 1.67. The van der Waals surface area contributed by atoms with Gasteiger partial charge in [0.05, 0.1) is 0 Å². The van der Waals surface area contributed by atoms with Crippen LogP contribution in [0.1, 0.15) is 13.3 Å². The van der Waals surface area contributed by atoms with Gasteiger partial charge in [-0.1, -0.05) is 0 Å². The van der Waals surface area contributed by atoms with Crippen molar-refractivity contribution in [2.24, 2.45) is 0 Å². The van der Waals surface area contributed by atoms with Gasteiger partial charge in [0.15, 0.2) is 0 Å². The van der Waals surface area contributed by atoms with Crippen molar-refractivity contribution in [3.05, 3.63) is 0 Å². The first-order chi connectivity index (χ1) is 3.86. The molecule has 2 rings (SSSR count). The van der Waals surface area contributed by atoms with Crippen LogP contribution >= 0.6 is 0 Å². The lowest BCUT2D eigenvalue weighted by atomic mass is 10.2. The van der Waals surface area contributed by atoms with Gasteiger partial charge < -0.3 is 5.32 Å². The summed E-state index contributed by atoms with van der Waals surface area (Å²) in [6, 6.07) is 2.05. The van der Waals surface area contributed by atoms with Crippen molar-refractivity contribution in [1.29, 1.82) is 0 Å². The Morgan fingerprint density at radius 3 is 2.75 bits per heavy atom. The van der Waals surface area contributed by atoms with Crippen molar-refractivity contribution in [1.82, 2.24) is 10.6 Å². The van der Waals surface area contributed by atoms with Crippen molar-refractivity contribution in [2.45, 2.75) is 31.5 Å². The molecule has 3 atom stereocenters.